The first kappa shape index (κ1) is 18.9. The van der Waals surface area contributed by atoms with Gasteiger partial charge in [-0.2, -0.15) is 0 Å². The van der Waals surface area contributed by atoms with Crippen molar-refractivity contribution >= 4 is 21.7 Å². The van der Waals surface area contributed by atoms with Crippen molar-refractivity contribution in [2.75, 3.05) is 5.75 Å². The molecule has 23 heavy (non-hydrogen) atoms. The quantitative estimate of drug-likeness (QED) is 0.670. The van der Waals surface area contributed by atoms with E-state index in [9.17, 15) is 18.0 Å². The Morgan fingerprint density at radius 1 is 1.35 bits per heavy atom. The summed E-state index contributed by atoms with van der Waals surface area (Å²) in [7, 11) is -3.58. The number of sulfone groups is 1. The van der Waals surface area contributed by atoms with Crippen molar-refractivity contribution in [1.29, 1.82) is 0 Å². The Bertz CT molecular complexity index is 681. The van der Waals surface area contributed by atoms with E-state index < -0.39 is 27.8 Å². The molecule has 7 heteroatoms. The second kappa shape index (κ2) is 8.47. The van der Waals surface area contributed by atoms with Crippen LogP contribution in [-0.4, -0.2) is 37.2 Å². The average Bonchev–Trinajstić information content (AvgIpc) is 2.50. The van der Waals surface area contributed by atoms with E-state index in [0.29, 0.717) is 12.8 Å². The average molecular weight is 339 g/mol. The first-order valence-electron chi connectivity index (χ1n) is 7.29. The number of hydrogen-bond acceptors (Lipinski definition) is 4. The molecule has 0 aliphatic carbocycles. The number of carboxylic acid groups (broad SMARTS) is 1. The molecule has 0 bridgehead atoms. The summed E-state index contributed by atoms with van der Waals surface area (Å²) < 4.78 is 24.5. The van der Waals surface area contributed by atoms with Crippen molar-refractivity contribution in [3.05, 3.63) is 42.5 Å². The Kier molecular flexibility index (Phi) is 6.96. The Morgan fingerprint density at radius 2 is 2.00 bits per heavy atom. The molecule has 1 aromatic carbocycles. The molecular formula is C16H21NO5S. The SMILES string of the molecule is C=CCCC(NC(=O)c1ccccc1S(=O)(=O)CCC)C(=O)O. The third-order valence-corrected chi connectivity index (χ3v) is 5.17. The lowest BCUT2D eigenvalue weighted by molar-refractivity contribution is -0.139. The van der Waals surface area contributed by atoms with Gasteiger partial charge in [0, 0.05) is 0 Å². The molecule has 0 aliphatic heterocycles. The molecular weight excluding hydrogens is 318 g/mol. The Morgan fingerprint density at radius 3 is 2.57 bits per heavy atom. The van der Waals surface area contributed by atoms with Crippen molar-refractivity contribution in [3.8, 4) is 0 Å². The van der Waals surface area contributed by atoms with E-state index in [4.69, 9.17) is 5.11 Å². The number of carbonyl (C=O) groups is 2. The van der Waals surface area contributed by atoms with Gasteiger partial charge in [-0.25, -0.2) is 13.2 Å². The highest BCUT2D eigenvalue weighted by molar-refractivity contribution is 7.91. The molecule has 1 unspecified atom stereocenters. The number of benzene rings is 1. The number of carboxylic acids is 1. The maximum Gasteiger partial charge on any atom is 0.326 e. The van der Waals surface area contributed by atoms with Crippen LogP contribution in [0.1, 0.15) is 36.5 Å². The maximum absolute atomic E-state index is 12.3. The van der Waals surface area contributed by atoms with Crippen LogP contribution in [0.5, 0.6) is 0 Å². The number of carbonyl (C=O) groups excluding carboxylic acids is 1. The smallest absolute Gasteiger partial charge is 0.326 e. The number of amides is 1. The number of aliphatic carboxylic acids is 1. The standard InChI is InChI=1S/C16H21NO5S/c1-3-5-9-13(16(19)20)17-15(18)12-8-6-7-10-14(12)23(21,22)11-4-2/h3,6-8,10,13H,1,4-5,9,11H2,2H3,(H,17,18)(H,19,20). The van der Waals surface area contributed by atoms with Crippen LogP contribution in [0, 0.1) is 0 Å². The summed E-state index contributed by atoms with van der Waals surface area (Å²) in [5.74, 6) is -1.96. The van der Waals surface area contributed by atoms with Gasteiger partial charge in [-0.05, 0) is 31.4 Å². The summed E-state index contributed by atoms with van der Waals surface area (Å²) in [6.45, 7) is 5.24. The normalized spacial score (nSPS) is 12.4. The van der Waals surface area contributed by atoms with E-state index in [1.165, 1.54) is 18.2 Å². The Labute approximate surface area is 136 Å². The highest BCUT2D eigenvalue weighted by atomic mass is 32.2. The molecule has 0 heterocycles. The number of allylic oxidation sites excluding steroid dienone is 1. The molecule has 0 aliphatic rings. The first-order valence-corrected chi connectivity index (χ1v) is 8.95. The second-order valence-corrected chi connectivity index (χ2v) is 7.12. The van der Waals surface area contributed by atoms with Gasteiger partial charge in [0.2, 0.25) is 0 Å². The fourth-order valence-corrected chi connectivity index (χ4v) is 3.62. The summed E-state index contributed by atoms with van der Waals surface area (Å²) in [6.07, 6.45) is 2.60. The summed E-state index contributed by atoms with van der Waals surface area (Å²) in [5, 5.41) is 11.5. The summed E-state index contributed by atoms with van der Waals surface area (Å²) >= 11 is 0. The molecule has 1 atom stereocenters. The van der Waals surface area contributed by atoms with Crippen LogP contribution in [-0.2, 0) is 14.6 Å². The minimum atomic E-state index is -3.58. The fourth-order valence-electron chi connectivity index (χ4n) is 2.08. The first-order chi connectivity index (χ1) is 10.8. The molecule has 0 aromatic heterocycles. The molecule has 0 saturated carbocycles. The van der Waals surface area contributed by atoms with Crippen LogP contribution in [0.2, 0.25) is 0 Å². The monoisotopic (exact) mass is 339 g/mol. The summed E-state index contributed by atoms with van der Waals surface area (Å²) in [5.41, 5.74) is -0.0363. The van der Waals surface area contributed by atoms with Crippen molar-refractivity contribution in [2.45, 2.75) is 37.1 Å². The van der Waals surface area contributed by atoms with Crippen LogP contribution in [0.3, 0.4) is 0 Å². The van der Waals surface area contributed by atoms with Crippen LogP contribution in [0.25, 0.3) is 0 Å². The third-order valence-electron chi connectivity index (χ3n) is 3.20. The van der Waals surface area contributed by atoms with Crippen molar-refractivity contribution < 1.29 is 23.1 Å². The summed E-state index contributed by atoms with van der Waals surface area (Å²) in [4.78, 5) is 23.4. The van der Waals surface area contributed by atoms with Gasteiger partial charge in [-0.1, -0.05) is 25.1 Å². The minimum Gasteiger partial charge on any atom is -0.480 e. The van der Waals surface area contributed by atoms with Gasteiger partial charge in [-0.3, -0.25) is 4.79 Å². The van der Waals surface area contributed by atoms with Crippen molar-refractivity contribution in [1.82, 2.24) is 5.32 Å². The Balaban J connectivity index is 3.09. The van der Waals surface area contributed by atoms with Crippen molar-refractivity contribution in [2.24, 2.45) is 0 Å². The van der Waals surface area contributed by atoms with Gasteiger partial charge in [0.05, 0.1) is 16.2 Å². The Hall–Kier alpha value is -2.15. The highest BCUT2D eigenvalue weighted by Crippen LogP contribution is 2.18. The molecule has 0 fully saturated rings. The zero-order valence-electron chi connectivity index (χ0n) is 13.0. The molecule has 2 N–H and O–H groups in total. The van der Waals surface area contributed by atoms with E-state index in [1.807, 2.05) is 0 Å². The molecule has 1 aromatic rings. The van der Waals surface area contributed by atoms with Gasteiger partial charge >= 0.3 is 5.97 Å². The summed E-state index contributed by atoms with van der Waals surface area (Å²) in [6, 6.07) is 4.72. The lowest BCUT2D eigenvalue weighted by Crippen LogP contribution is -2.41. The van der Waals surface area contributed by atoms with Crippen LogP contribution >= 0.6 is 0 Å². The zero-order valence-corrected chi connectivity index (χ0v) is 13.8. The molecule has 126 valence electrons. The maximum atomic E-state index is 12.3. The molecule has 6 nitrogen and oxygen atoms in total. The van der Waals surface area contributed by atoms with Crippen LogP contribution < -0.4 is 5.32 Å². The largest absolute Gasteiger partial charge is 0.480 e. The lowest BCUT2D eigenvalue weighted by atomic mass is 10.1. The fraction of sp³-hybridized carbons (Fsp3) is 0.375. The highest BCUT2D eigenvalue weighted by Gasteiger charge is 2.25. The lowest BCUT2D eigenvalue weighted by Gasteiger charge is -2.15. The molecule has 1 rings (SSSR count). The number of nitrogens with one attached hydrogen (secondary N) is 1. The minimum absolute atomic E-state index is 0.0363. The van der Waals surface area contributed by atoms with E-state index >= 15 is 0 Å². The van der Waals surface area contributed by atoms with Crippen molar-refractivity contribution in [3.63, 3.8) is 0 Å². The predicted octanol–water partition coefficient (Wildman–Crippen LogP) is 2.02. The van der Waals surface area contributed by atoms with E-state index in [2.05, 4.69) is 11.9 Å². The van der Waals surface area contributed by atoms with E-state index in [-0.39, 0.29) is 22.6 Å². The van der Waals surface area contributed by atoms with E-state index in [0.717, 1.165) is 0 Å². The molecule has 1 amide bonds. The van der Waals surface area contributed by atoms with Crippen LogP contribution in [0.15, 0.2) is 41.8 Å². The number of hydrogen-bond donors (Lipinski definition) is 2. The third kappa shape index (κ3) is 5.21. The van der Waals surface area contributed by atoms with Gasteiger partial charge in [0.25, 0.3) is 5.91 Å². The van der Waals surface area contributed by atoms with E-state index in [1.54, 1.807) is 19.1 Å². The zero-order chi connectivity index (χ0) is 17.5. The van der Waals surface area contributed by atoms with Gasteiger partial charge in [0.15, 0.2) is 9.84 Å². The molecule has 0 spiro atoms. The molecule has 0 saturated heterocycles. The molecule has 0 radical (unpaired) electrons. The van der Waals surface area contributed by atoms with Gasteiger partial charge in [-0.15, -0.1) is 6.58 Å². The van der Waals surface area contributed by atoms with Gasteiger partial charge < -0.3 is 10.4 Å². The topological polar surface area (TPSA) is 101 Å². The van der Waals surface area contributed by atoms with Gasteiger partial charge in [0.1, 0.15) is 6.04 Å². The second-order valence-electron chi connectivity index (χ2n) is 5.05. The predicted molar refractivity (Wildman–Crippen MR) is 87.1 cm³/mol. The number of rotatable bonds is 9. The van der Waals surface area contributed by atoms with Crippen LogP contribution in [0.4, 0.5) is 0 Å².